The number of aryl methyl sites for hydroxylation is 1. The fourth-order valence-corrected chi connectivity index (χ4v) is 2.32. The molecule has 0 atom stereocenters. The average molecular weight is 236 g/mol. The Morgan fingerprint density at radius 1 is 1.50 bits per heavy atom. The van der Waals surface area contributed by atoms with Crippen LogP contribution in [0, 0.1) is 0 Å². The number of nitrogen functional groups attached to an aromatic ring is 1. The van der Waals surface area contributed by atoms with Crippen LogP contribution in [0.3, 0.4) is 0 Å². The van der Waals surface area contributed by atoms with Gasteiger partial charge in [0.2, 0.25) is 0 Å². The first-order valence-corrected chi connectivity index (χ1v) is 6.22. The molecule has 2 aromatic heterocycles. The highest BCUT2D eigenvalue weighted by Crippen LogP contribution is 2.33. The molecule has 5 heteroatoms. The maximum absolute atomic E-state index is 5.98. The van der Waals surface area contributed by atoms with Gasteiger partial charge in [-0.1, -0.05) is 13.8 Å². The van der Waals surface area contributed by atoms with Crippen LogP contribution in [0.4, 0.5) is 5.00 Å². The van der Waals surface area contributed by atoms with Gasteiger partial charge in [-0.15, -0.1) is 11.3 Å². The number of anilines is 1. The quantitative estimate of drug-likeness (QED) is 0.891. The van der Waals surface area contributed by atoms with E-state index < -0.39 is 0 Å². The number of nitrogens with zero attached hydrogens (tertiary/aromatic N) is 3. The normalized spacial score (nSPS) is 11.2. The van der Waals surface area contributed by atoms with E-state index >= 15 is 0 Å². The molecule has 0 bridgehead atoms. The topological polar surface area (TPSA) is 56.7 Å². The van der Waals surface area contributed by atoms with E-state index in [1.54, 1.807) is 11.3 Å². The molecular weight excluding hydrogens is 220 g/mol. The summed E-state index contributed by atoms with van der Waals surface area (Å²) in [5.41, 5.74) is 7.85. The number of hydrogen-bond donors (Lipinski definition) is 1. The van der Waals surface area contributed by atoms with Crippen LogP contribution < -0.4 is 5.73 Å². The lowest BCUT2D eigenvalue weighted by atomic mass is 10.2. The van der Waals surface area contributed by atoms with Gasteiger partial charge in [0.1, 0.15) is 10.7 Å². The maximum atomic E-state index is 5.98. The lowest BCUT2D eigenvalue weighted by Crippen LogP contribution is -1.92. The third-order valence-corrected chi connectivity index (χ3v) is 3.58. The Morgan fingerprint density at radius 3 is 2.75 bits per heavy atom. The predicted octanol–water partition coefficient (Wildman–Crippen LogP) is 2.73. The molecule has 16 heavy (non-hydrogen) atoms. The van der Waals surface area contributed by atoms with Crippen molar-refractivity contribution in [3.05, 3.63) is 17.4 Å². The number of rotatable bonds is 3. The van der Waals surface area contributed by atoms with Gasteiger partial charge in [-0.3, -0.25) is 4.68 Å². The Hall–Kier alpha value is -1.36. The summed E-state index contributed by atoms with van der Waals surface area (Å²) in [4.78, 5) is 4.57. The summed E-state index contributed by atoms with van der Waals surface area (Å²) in [6.07, 6.45) is 3.80. The summed E-state index contributed by atoms with van der Waals surface area (Å²) in [6, 6.07) is 0. The van der Waals surface area contributed by atoms with Crippen molar-refractivity contribution in [1.82, 2.24) is 14.8 Å². The number of hydrogen-bond acceptors (Lipinski definition) is 4. The van der Waals surface area contributed by atoms with Crippen LogP contribution in [-0.2, 0) is 6.54 Å². The Labute approximate surface area is 99.1 Å². The number of nitrogens with two attached hydrogens (primary N) is 1. The Morgan fingerprint density at radius 2 is 2.25 bits per heavy atom. The predicted molar refractivity (Wildman–Crippen MR) is 67.5 cm³/mol. The van der Waals surface area contributed by atoms with Crippen LogP contribution >= 0.6 is 11.3 Å². The maximum Gasteiger partial charge on any atom is 0.114 e. The van der Waals surface area contributed by atoms with Gasteiger partial charge >= 0.3 is 0 Å². The first-order valence-electron chi connectivity index (χ1n) is 5.40. The van der Waals surface area contributed by atoms with Gasteiger partial charge in [-0.2, -0.15) is 5.10 Å². The second kappa shape index (κ2) is 4.25. The standard InChI is InChI=1S/C11H16N4S/c1-4-15-6-8(5-13-15)9-10(12)16-11(14-9)7(2)3/h5-7H,4,12H2,1-3H3. The van der Waals surface area contributed by atoms with Crippen LogP contribution in [0.25, 0.3) is 11.3 Å². The number of thiazole rings is 1. The molecule has 86 valence electrons. The third kappa shape index (κ3) is 1.95. The zero-order chi connectivity index (χ0) is 11.7. The molecule has 2 aromatic rings. The summed E-state index contributed by atoms with van der Waals surface area (Å²) >= 11 is 1.56. The summed E-state index contributed by atoms with van der Waals surface area (Å²) in [7, 11) is 0. The van der Waals surface area contributed by atoms with E-state index in [2.05, 4.69) is 30.9 Å². The van der Waals surface area contributed by atoms with Crippen molar-refractivity contribution < 1.29 is 0 Å². The molecule has 2 heterocycles. The van der Waals surface area contributed by atoms with Crippen LogP contribution in [-0.4, -0.2) is 14.8 Å². The van der Waals surface area contributed by atoms with Crippen molar-refractivity contribution in [2.75, 3.05) is 5.73 Å². The van der Waals surface area contributed by atoms with E-state index in [-0.39, 0.29) is 0 Å². The minimum absolute atomic E-state index is 0.419. The lowest BCUT2D eigenvalue weighted by molar-refractivity contribution is 0.660. The monoisotopic (exact) mass is 236 g/mol. The van der Waals surface area contributed by atoms with Crippen LogP contribution in [0.2, 0.25) is 0 Å². The molecule has 0 aromatic carbocycles. The summed E-state index contributed by atoms with van der Waals surface area (Å²) in [5.74, 6) is 0.419. The molecule has 0 aliphatic rings. The van der Waals surface area contributed by atoms with Crippen molar-refractivity contribution in [3.8, 4) is 11.3 Å². The lowest BCUT2D eigenvalue weighted by Gasteiger charge is -1.95. The SMILES string of the molecule is CCn1cc(-c2nc(C(C)C)sc2N)cn1. The summed E-state index contributed by atoms with van der Waals surface area (Å²) < 4.78 is 1.88. The number of aromatic nitrogens is 3. The third-order valence-electron chi connectivity index (χ3n) is 2.39. The fourth-order valence-electron chi connectivity index (χ4n) is 1.46. The highest BCUT2D eigenvalue weighted by atomic mass is 32.1. The van der Waals surface area contributed by atoms with Crippen molar-refractivity contribution >= 4 is 16.3 Å². The molecule has 2 rings (SSSR count). The van der Waals surface area contributed by atoms with Gasteiger partial charge < -0.3 is 5.73 Å². The molecule has 0 fully saturated rings. The Balaban J connectivity index is 2.39. The first-order chi connectivity index (χ1) is 7.61. The fraction of sp³-hybridized carbons (Fsp3) is 0.455. The molecule has 0 saturated carbocycles. The van der Waals surface area contributed by atoms with Crippen molar-refractivity contribution in [2.24, 2.45) is 0 Å². The molecule has 0 aliphatic carbocycles. The average Bonchev–Trinajstić information content (AvgIpc) is 2.83. The van der Waals surface area contributed by atoms with Gasteiger partial charge in [0.15, 0.2) is 0 Å². The highest BCUT2D eigenvalue weighted by Gasteiger charge is 2.13. The molecule has 0 radical (unpaired) electrons. The van der Waals surface area contributed by atoms with E-state index in [0.717, 1.165) is 27.8 Å². The van der Waals surface area contributed by atoms with Gasteiger partial charge in [-0.25, -0.2) is 4.98 Å². The van der Waals surface area contributed by atoms with Crippen LogP contribution in [0.5, 0.6) is 0 Å². The van der Waals surface area contributed by atoms with Gasteiger partial charge in [0, 0.05) is 24.2 Å². The van der Waals surface area contributed by atoms with Gasteiger partial charge in [0.05, 0.1) is 11.2 Å². The summed E-state index contributed by atoms with van der Waals surface area (Å²) in [5, 5.41) is 6.09. The van der Waals surface area contributed by atoms with Crippen LogP contribution in [0.1, 0.15) is 31.7 Å². The van der Waals surface area contributed by atoms with E-state index in [4.69, 9.17) is 5.73 Å². The molecule has 0 aliphatic heterocycles. The van der Waals surface area contributed by atoms with Gasteiger partial charge in [0.25, 0.3) is 0 Å². The Kier molecular flexibility index (Phi) is 2.96. The minimum Gasteiger partial charge on any atom is -0.389 e. The molecule has 0 saturated heterocycles. The molecule has 0 amide bonds. The molecule has 0 unspecified atom stereocenters. The zero-order valence-electron chi connectivity index (χ0n) is 9.77. The van der Waals surface area contributed by atoms with E-state index in [0.29, 0.717) is 5.92 Å². The molecule has 0 spiro atoms. The largest absolute Gasteiger partial charge is 0.389 e. The zero-order valence-corrected chi connectivity index (χ0v) is 10.6. The van der Waals surface area contributed by atoms with E-state index in [1.165, 1.54) is 0 Å². The van der Waals surface area contributed by atoms with E-state index in [9.17, 15) is 0 Å². The Bertz CT molecular complexity index is 484. The molecule has 2 N–H and O–H groups in total. The van der Waals surface area contributed by atoms with Crippen molar-refractivity contribution in [2.45, 2.75) is 33.2 Å². The van der Waals surface area contributed by atoms with E-state index in [1.807, 2.05) is 17.1 Å². The second-order valence-corrected chi connectivity index (χ2v) is 5.07. The minimum atomic E-state index is 0.419. The van der Waals surface area contributed by atoms with Crippen molar-refractivity contribution in [3.63, 3.8) is 0 Å². The summed E-state index contributed by atoms with van der Waals surface area (Å²) in [6.45, 7) is 7.16. The molecule has 4 nitrogen and oxygen atoms in total. The molecular formula is C11H16N4S. The first kappa shape index (κ1) is 11.1. The van der Waals surface area contributed by atoms with Gasteiger partial charge in [-0.05, 0) is 6.92 Å². The van der Waals surface area contributed by atoms with Crippen LogP contribution in [0.15, 0.2) is 12.4 Å². The highest BCUT2D eigenvalue weighted by molar-refractivity contribution is 7.16. The van der Waals surface area contributed by atoms with Crippen molar-refractivity contribution in [1.29, 1.82) is 0 Å². The smallest absolute Gasteiger partial charge is 0.114 e. The second-order valence-electron chi connectivity index (χ2n) is 4.00.